The lowest BCUT2D eigenvalue weighted by molar-refractivity contribution is -0.137. The molecule has 1 aliphatic rings. The number of anilines is 1. The van der Waals surface area contributed by atoms with Crippen molar-refractivity contribution in [2.75, 3.05) is 24.5 Å². The number of amides is 2. The summed E-state index contributed by atoms with van der Waals surface area (Å²) in [6.07, 6.45) is -2.31. The summed E-state index contributed by atoms with van der Waals surface area (Å²) in [4.78, 5) is 28.7. The van der Waals surface area contributed by atoms with E-state index in [0.717, 1.165) is 24.2 Å². The van der Waals surface area contributed by atoms with Crippen LogP contribution in [0, 0.1) is 0 Å². The molecule has 1 aliphatic heterocycles. The first-order chi connectivity index (χ1) is 16.8. The van der Waals surface area contributed by atoms with E-state index in [2.05, 4.69) is 15.5 Å². The molecule has 0 atom stereocenters. The Balaban J connectivity index is 1.30. The van der Waals surface area contributed by atoms with E-state index in [9.17, 15) is 22.8 Å². The number of halogens is 3. The van der Waals surface area contributed by atoms with E-state index in [0.29, 0.717) is 38.0 Å². The number of carbonyl (C=O) groups is 2. The largest absolute Gasteiger partial charge is 0.416 e. The van der Waals surface area contributed by atoms with Gasteiger partial charge in [0.25, 0.3) is 11.8 Å². The van der Waals surface area contributed by atoms with Crippen LogP contribution in [0.3, 0.4) is 0 Å². The van der Waals surface area contributed by atoms with Crippen LogP contribution in [-0.2, 0) is 12.6 Å². The number of nitrogens with zero attached hydrogens (tertiary/aromatic N) is 1. The summed E-state index contributed by atoms with van der Waals surface area (Å²) >= 11 is 1.67. The number of benzene rings is 2. The molecular formula is C26H26F3N3O2S. The van der Waals surface area contributed by atoms with E-state index >= 15 is 0 Å². The molecule has 9 heteroatoms. The Morgan fingerprint density at radius 1 is 0.943 bits per heavy atom. The summed E-state index contributed by atoms with van der Waals surface area (Å²) in [5, 5.41) is 7.93. The van der Waals surface area contributed by atoms with Crippen LogP contribution >= 0.6 is 11.3 Å². The van der Waals surface area contributed by atoms with E-state index in [-0.39, 0.29) is 23.4 Å². The minimum Gasteiger partial charge on any atom is -0.371 e. The second-order valence-corrected chi connectivity index (χ2v) is 9.44. The molecular weight excluding hydrogens is 475 g/mol. The molecule has 3 aromatic rings. The number of hydrogen-bond donors (Lipinski definition) is 2. The lowest BCUT2D eigenvalue weighted by atomic mass is 10.0. The second kappa shape index (κ2) is 10.9. The van der Waals surface area contributed by atoms with E-state index in [4.69, 9.17) is 0 Å². The highest BCUT2D eigenvalue weighted by molar-refractivity contribution is 7.09. The molecule has 5 nitrogen and oxygen atoms in total. The number of hydrogen-bond acceptors (Lipinski definition) is 4. The number of alkyl halides is 3. The van der Waals surface area contributed by atoms with Crippen LogP contribution in [-0.4, -0.2) is 37.5 Å². The van der Waals surface area contributed by atoms with Crippen molar-refractivity contribution in [3.8, 4) is 0 Å². The summed E-state index contributed by atoms with van der Waals surface area (Å²) in [6.45, 7) is 1.86. The molecule has 0 spiro atoms. The lowest BCUT2D eigenvalue weighted by Crippen LogP contribution is -2.45. The van der Waals surface area contributed by atoms with Crippen LogP contribution in [0.2, 0.25) is 0 Å². The molecule has 184 valence electrons. The molecule has 0 bridgehead atoms. The third kappa shape index (κ3) is 6.42. The summed E-state index contributed by atoms with van der Waals surface area (Å²) in [5.41, 5.74) is 0.890. The van der Waals surface area contributed by atoms with E-state index < -0.39 is 11.7 Å². The number of nitrogens with one attached hydrogen (secondary N) is 2. The third-order valence-electron chi connectivity index (χ3n) is 6.03. The molecule has 2 amide bonds. The normalized spacial score (nSPS) is 14.5. The van der Waals surface area contributed by atoms with Gasteiger partial charge in [-0.15, -0.1) is 11.3 Å². The van der Waals surface area contributed by atoms with Crippen LogP contribution in [0.25, 0.3) is 0 Å². The number of thiophene rings is 1. The predicted molar refractivity (Wildman–Crippen MR) is 131 cm³/mol. The Bertz CT molecular complexity index is 1140. The van der Waals surface area contributed by atoms with Crippen molar-refractivity contribution in [2.24, 2.45) is 0 Å². The molecule has 1 fully saturated rings. The average molecular weight is 502 g/mol. The van der Waals surface area contributed by atoms with Gasteiger partial charge in [-0.05, 0) is 67.1 Å². The van der Waals surface area contributed by atoms with Crippen LogP contribution in [0.4, 0.5) is 18.9 Å². The fourth-order valence-electron chi connectivity index (χ4n) is 4.13. The summed E-state index contributed by atoms with van der Waals surface area (Å²) in [7, 11) is 0. The van der Waals surface area contributed by atoms with Gasteiger partial charge in [0.1, 0.15) is 0 Å². The van der Waals surface area contributed by atoms with Crippen LogP contribution in [0.1, 0.15) is 44.0 Å². The van der Waals surface area contributed by atoms with Gasteiger partial charge in [-0.3, -0.25) is 9.59 Å². The molecule has 35 heavy (non-hydrogen) atoms. The molecule has 2 heterocycles. The Labute approximate surface area is 206 Å². The first-order valence-electron chi connectivity index (χ1n) is 11.4. The smallest absolute Gasteiger partial charge is 0.371 e. The van der Waals surface area contributed by atoms with Crippen molar-refractivity contribution in [3.05, 3.63) is 87.6 Å². The Kier molecular flexibility index (Phi) is 7.75. The molecule has 2 aromatic carbocycles. The van der Waals surface area contributed by atoms with Gasteiger partial charge in [0.05, 0.1) is 11.1 Å². The summed E-state index contributed by atoms with van der Waals surface area (Å²) < 4.78 is 38.2. The van der Waals surface area contributed by atoms with Crippen LogP contribution < -0.4 is 15.5 Å². The van der Waals surface area contributed by atoms with Crippen molar-refractivity contribution in [1.29, 1.82) is 0 Å². The molecule has 1 aromatic heterocycles. The zero-order valence-corrected chi connectivity index (χ0v) is 19.8. The molecule has 1 saturated heterocycles. The van der Waals surface area contributed by atoms with Gasteiger partial charge in [0.15, 0.2) is 0 Å². The zero-order valence-electron chi connectivity index (χ0n) is 19.0. The molecule has 0 unspecified atom stereocenters. The highest BCUT2D eigenvalue weighted by atomic mass is 32.1. The molecule has 0 aliphatic carbocycles. The quantitative estimate of drug-likeness (QED) is 0.472. The third-order valence-corrected chi connectivity index (χ3v) is 6.97. The summed E-state index contributed by atoms with van der Waals surface area (Å²) in [5.74, 6) is -0.502. The molecule has 0 saturated carbocycles. The number of carbonyl (C=O) groups excluding carboxylic acids is 2. The van der Waals surface area contributed by atoms with Gasteiger partial charge in [-0.2, -0.15) is 13.2 Å². The second-order valence-electron chi connectivity index (χ2n) is 8.41. The van der Waals surface area contributed by atoms with Gasteiger partial charge < -0.3 is 15.5 Å². The lowest BCUT2D eigenvalue weighted by Gasteiger charge is -2.35. The minimum absolute atomic E-state index is 0.0900. The maximum atomic E-state index is 12.8. The van der Waals surface area contributed by atoms with Crippen molar-refractivity contribution >= 4 is 28.8 Å². The monoisotopic (exact) mass is 501 g/mol. The first-order valence-corrected chi connectivity index (χ1v) is 12.3. The van der Waals surface area contributed by atoms with Gasteiger partial charge in [-0.25, -0.2) is 0 Å². The fraction of sp³-hybridized carbons (Fsp3) is 0.308. The average Bonchev–Trinajstić information content (AvgIpc) is 3.37. The van der Waals surface area contributed by atoms with Crippen LogP contribution in [0.5, 0.6) is 0 Å². The number of para-hydroxylation sites is 1. The van der Waals surface area contributed by atoms with E-state index in [1.807, 2.05) is 41.8 Å². The Hall–Kier alpha value is -3.33. The van der Waals surface area contributed by atoms with Crippen molar-refractivity contribution in [3.63, 3.8) is 0 Å². The Morgan fingerprint density at radius 2 is 1.66 bits per heavy atom. The highest BCUT2D eigenvalue weighted by Gasteiger charge is 2.30. The predicted octanol–water partition coefficient (Wildman–Crippen LogP) is 5.14. The minimum atomic E-state index is -4.43. The fourth-order valence-corrected chi connectivity index (χ4v) is 4.84. The van der Waals surface area contributed by atoms with Crippen molar-refractivity contribution < 1.29 is 22.8 Å². The molecule has 2 N–H and O–H groups in total. The first kappa shape index (κ1) is 24.8. The van der Waals surface area contributed by atoms with E-state index in [1.165, 1.54) is 17.0 Å². The Morgan fingerprint density at radius 3 is 2.31 bits per heavy atom. The maximum Gasteiger partial charge on any atom is 0.416 e. The topological polar surface area (TPSA) is 61.4 Å². The van der Waals surface area contributed by atoms with Gasteiger partial charge in [0, 0.05) is 41.8 Å². The van der Waals surface area contributed by atoms with Gasteiger partial charge in [0.2, 0.25) is 0 Å². The van der Waals surface area contributed by atoms with Gasteiger partial charge in [-0.1, -0.05) is 18.2 Å². The highest BCUT2D eigenvalue weighted by Crippen LogP contribution is 2.29. The maximum absolute atomic E-state index is 12.8. The van der Waals surface area contributed by atoms with Crippen molar-refractivity contribution in [2.45, 2.75) is 31.5 Å². The van der Waals surface area contributed by atoms with Gasteiger partial charge >= 0.3 is 6.18 Å². The summed E-state index contributed by atoms with van der Waals surface area (Å²) in [6, 6.07) is 15.7. The molecule has 0 radical (unpaired) electrons. The molecule has 4 rings (SSSR count). The SMILES string of the molecule is O=C(NC1CCN(c2ccccc2C(=O)NCCc2cccs2)CC1)c1ccc(C(F)(F)F)cc1. The standard InChI is InChI=1S/C26H26F3N3O2S/c27-26(28,29)19-9-7-18(8-10-19)24(33)31-20-12-15-32(16-13-20)23-6-2-1-5-22(23)25(34)30-14-11-21-4-3-17-35-21/h1-10,17,20H,11-16H2,(H,30,34)(H,31,33). The zero-order chi connectivity index (χ0) is 24.8. The van der Waals surface area contributed by atoms with E-state index in [1.54, 1.807) is 11.3 Å². The number of rotatable bonds is 7. The van der Waals surface area contributed by atoms with Crippen LogP contribution in [0.15, 0.2) is 66.0 Å². The van der Waals surface area contributed by atoms with Crippen molar-refractivity contribution in [1.82, 2.24) is 10.6 Å². The number of piperidine rings is 1.